The van der Waals surface area contributed by atoms with Gasteiger partial charge < -0.3 is 14.2 Å². The average molecular weight is 449 g/mol. The number of hydrogen-bond donors (Lipinski definition) is 0. The van der Waals surface area contributed by atoms with Crippen molar-refractivity contribution in [2.75, 3.05) is 26.7 Å². The van der Waals surface area contributed by atoms with Crippen molar-refractivity contribution in [2.45, 2.75) is 50.9 Å². The predicted molar refractivity (Wildman–Crippen MR) is 113 cm³/mol. The van der Waals surface area contributed by atoms with E-state index in [9.17, 15) is 13.2 Å². The Balaban J connectivity index is 1.42. The monoisotopic (exact) mass is 448 g/mol. The second-order valence-corrected chi connectivity index (χ2v) is 10.7. The van der Waals surface area contributed by atoms with Gasteiger partial charge in [-0.3, -0.25) is 4.79 Å². The highest BCUT2D eigenvalue weighted by atomic mass is 32.2. The van der Waals surface area contributed by atoms with Gasteiger partial charge in [-0.05, 0) is 32.8 Å². The highest BCUT2D eigenvalue weighted by Crippen LogP contribution is 2.30. The Kier molecular flexibility index (Phi) is 5.98. The summed E-state index contributed by atoms with van der Waals surface area (Å²) in [5, 5.41) is 8.34. The topological polar surface area (TPSA) is 111 Å². The first-order valence-electron chi connectivity index (χ1n) is 10.5. The average Bonchev–Trinajstić information content (AvgIpc) is 3.22. The summed E-state index contributed by atoms with van der Waals surface area (Å²) in [5.74, 6) is 2.20. The zero-order chi connectivity index (χ0) is 22.2. The van der Waals surface area contributed by atoms with Crippen LogP contribution in [-0.2, 0) is 23.1 Å². The molecule has 1 fully saturated rings. The lowest BCUT2D eigenvalue weighted by atomic mass is 9.97. The highest BCUT2D eigenvalue weighted by molar-refractivity contribution is 7.89. The van der Waals surface area contributed by atoms with Crippen molar-refractivity contribution >= 4 is 15.9 Å². The third kappa shape index (κ3) is 4.16. The van der Waals surface area contributed by atoms with Gasteiger partial charge in [0.2, 0.25) is 15.9 Å². The van der Waals surface area contributed by atoms with E-state index in [1.165, 1.54) is 13.3 Å². The van der Waals surface area contributed by atoms with Crippen LogP contribution in [0.1, 0.15) is 54.6 Å². The van der Waals surface area contributed by atoms with Crippen LogP contribution in [0.4, 0.5) is 0 Å². The van der Waals surface area contributed by atoms with E-state index in [1.807, 2.05) is 0 Å². The van der Waals surface area contributed by atoms with Crippen LogP contribution in [0.15, 0.2) is 18.3 Å². The van der Waals surface area contributed by atoms with E-state index in [1.54, 1.807) is 35.2 Å². The summed E-state index contributed by atoms with van der Waals surface area (Å²) < 4.78 is 33.5. The maximum absolute atomic E-state index is 12.8. The largest absolute Gasteiger partial charge is 0.481 e. The van der Waals surface area contributed by atoms with Crippen molar-refractivity contribution < 1.29 is 17.9 Å². The summed E-state index contributed by atoms with van der Waals surface area (Å²) in [6, 6.07) is 3.38. The van der Waals surface area contributed by atoms with Gasteiger partial charge in [-0.2, -0.15) is 0 Å². The number of rotatable bonds is 5. The van der Waals surface area contributed by atoms with E-state index >= 15 is 0 Å². The van der Waals surface area contributed by atoms with E-state index in [0.29, 0.717) is 44.2 Å². The molecule has 1 saturated heterocycles. The summed E-state index contributed by atoms with van der Waals surface area (Å²) in [6.07, 6.45) is 2.97. The molecule has 0 N–H and O–H groups in total. The minimum Gasteiger partial charge on any atom is -0.481 e. The van der Waals surface area contributed by atoms with Crippen molar-refractivity contribution in [3.8, 4) is 5.88 Å². The van der Waals surface area contributed by atoms with Crippen molar-refractivity contribution in [2.24, 2.45) is 0 Å². The van der Waals surface area contributed by atoms with Crippen LogP contribution in [0.25, 0.3) is 0 Å². The Morgan fingerprint density at radius 1 is 1.13 bits per heavy atom. The van der Waals surface area contributed by atoms with E-state index in [0.717, 1.165) is 24.5 Å². The molecule has 31 heavy (non-hydrogen) atoms. The fourth-order valence-corrected chi connectivity index (χ4v) is 5.45. The van der Waals surface area contributed by atoms with E-state index in [4.69, 9.17) is 4.74 Å². The van der Waals surface area contributed by atoms with Crippen LogP contribution < -0.4 is 4.74 Å². The lowest BCUT2D eigenvalue weighted by molar-refractivity contribution is 0.0705. The molecule has 0 atom stereocenters. The molecule has 0 aliphatic carbocycles. The lowest BCUT2D eigenvalue weighted by Crippen LogP contribution is -2.42. The predicted octanol–water partition coefficient (Wildman–Crippen LogP) is 1.26. The molecule has 2 aliphatic heterocycles. The number of ether oxygens (including phenoxy) is 1. The summed E-state index contributed by atoms with van der Waals surface area (Å²) in [4.78, 5) is 18.7. The maximum atomic E-state index is 12.8. The van der Waals surface area contributed by atoms with Gasteiger partial charge in [-0.15, -0.1) is 10.2 Å². The van der Waals surface area contributed by atoms with Crippen LogP contribution in [0.5, 0.6) is 5.88 Å². The summed E-state index contributed by atoms with van der Waals surface area (Å²) in [7, 11) is -1.69. The minimum atomic E-state index is -3.22. The molecular formula is C20H28N6O4S. The molecule has 2 aliphatic rings. The third-order valence-corrected chi connectivity index (χ3v) is 8.31. The summed E-state index contributed by atoms with van der Waals surface area (Å²) >= 11 is 0. The van der Waals surface area contributed by atoms with Crippen molar-refractivity contribution in [3.05, 3.63) is 35.5 Å². The molecule has 0 saturated carbocycles. The number of carbonyl (C=O) groups excluding carboxylic acids is 1. The number of hydrogen-bond acceptors (Lipinski definition) is 7. The van der Waals surface area contributed by atoms with Gasteiger partial charge in [0.1, 0.15) is 5.82 Å². The maximum Gasteiger partial charge on any atom is 0.255 e. The van der Waals surface area contributed by atoms with Crippen LogP contribution in [0.3, 0.4) is 0 Å². The van der Waals surface area contributed by atoms with Gasteiger partial charge in [0, 0.05) is 44.4 Å². The number of methoxy groups -OCH3 is 1. The number of nitrogens with zero attached hydrogens (tertiary/aromatic N) is 6. The van der Waals surface area contributed by atoms with Gasteiger partial charge in [-0.25, -0.2) is 17.7 Å². The first-order valence-corrected chi connectivity index (χ1v) is 12.0. The molecule has 11 heteroatoms. The molecule has 0 aromatic carbocycles. The Labute approximate surface area is 182 Å². The molecule has 0 bridgehead atoms. The number of piperidine rings is 1. The van der Waals surface area contributed by atoms with Gasteiger partial charge in [0.05, 0.1) is 24.5 Å². The number of sulfonamides is 1. The van der Waals surface area contributed by atoms with Gasteiger partial charge in [0.15, 0.2) is 5.82 Å². The van der Waals surface area contributed by atoms with Gasteiger partial charge in [0.25, 0.3) is 5.91 Å². The van der Waals surface area contributed by atoms with E-state index in [-0.39, 0.29) is 11.8 Å². The molecule has 168 valence electrons. The molecule has 0 radical (unpaired) electrons. The smallest absolute Gasteiger partial charge is 0.255 e. The second-order valence-electron chi connectivity index (χ2n) is 8.21. The zero-order valence-electron chi connectivity index (χ0n) is 18.1. The molecule has 4 rings (SSSR count). The normalized spacial score (nSPS) is 18.3. The molecule has 10 nitrogen and oxygen atoms in total. The number of fused-ring (bicyclic) bond motifs is 1. The van der Waals surface area contributed by atoms with E-state index < -0.39 is 15.3 Å². The Morgan fingerprint density at radius 3 is 2.48 bits per heavy atom. The third-order valence-electron chi connectivity index (χ3n) is 6.04. The van der Waals surface area contributed by atoms with Crippen LogP contribution >= 0.6 is 0 Å². The van der Waals surface area contributed by atoms with Crippen molar-refractivity contribution in [3.63, 3.8) is 0 Å². The van der Waals surface area contributed by atoms with Gasteiger partial charge in [-0.1, -0.05) is 0 Å². The Morgan fingerprint density at radius 2 is 1.87 bits per heavy atom. The van der Waals surface area contributed by atoms with Crippen molar-refractivity contribution in [1.82, 2.24) is 29.0 Å². The SMILES string of the molecule is COc1ccc(C(=O)N2CCn3c(nnc3C3CCN(S(=O)(=O)C(C)C)CC3)C2)cn1. The first-order chi connectivity index (χ1) is 14.8. The second kappa shape index (κ2) is 8.54. The minimum absolute atomic E-state index is 0.0989. The molecule has 0 spiro atoms. The fraction of sp³-hybridized carbons (Fsp3) is 0.600. The van der Waals surface area contributed by atoms with Crippen LogP contribution in [0.2, 0.25) is 0 Å². The number of aromatic nitrogens is 4. The first kappa shape index (κ1) is 21.7. The summed E-state index contributed by atoms with van der Waals surface area (Å²) in [5.41, 5.74) is 0.507. The highest BCUT2D eigenvalue weighted by Gasteiger charge is 2.34. The molecule has 2 aromatic rings. The lowest BCUT2D eigenvalue weighted by Gasteiger charge is -2.33. The fourth-order valence-electron chi connectivity index (χ4n) is 4.13. The number of carbonyl (C=O) groups is 1. The van der Waals surface area contributed by atoms with E-state index in [2.05, 4.69) is 19.7 Å². The molecule has 1 amide bonds. The zero-order valence-corrected chi connectivity index (χ0v) is 18.9. The molecular weight excluding hydrogens is 420 g/mol. The quantitative estimate of drug-likeness (QED) is 0.677. The standard InChI is InChI=1S/C20H28N6O4S/c1-14(2)31(28,29)25-8-6-15(7-9-25)19-23-22-17-13-24(10-11-26(17)19)20(27)16-4-5-18(30-3)21-12-16/h4-5,12,14-15H,6-11,13H2,1-3H3. The molecule has 2 aromatic heterocycles. The van der Waals surface area contributed by atoms with Crippen LogP contribution in [0, 0.1) is 0 Å². The van der Waals surface area contributed by atoms with Gasteiger partial charge >= 0.3 is 0 Å². The Hall–Kier alpha value is -2.53. The summed E-state index contributed by atoms with van der Waals surface area (Å²) in [6.45, 7) is 6.00. The van der Waals surface area contributed by atoms with Crippen molar-refractivity contribution in [1.29, 1.82) is 0 Å². The number of pyridine rings is 1. The Bertz CT molecular complexity index is 1040. The molecule has 0 unspecified atom stereocenters. The van der Waals surface area contributed by atoms with Crippen LogP contribution in [-0.4, -0.2) is 75.3 Å². The molecule has 4 heterocycles. The number of amides is 1.